The Balaban J connectivity index is 1.52. The topological polar surface area (TPSA) is 32.3 Å². The maximum Gasteiger partial charge on any atom is 0.251 e. The summed E-state index contributed by atoms with van der Waals surface area (Å²) in [6.45, 7) is 7.37. The molecule has 0 unspecified atom stereocenters. The van der Waals surface area contributed by atoms with Crippen LogP contribution in [0.4, 0.5) is 0 Å². The van der Waals surface area contributed by atoms with Crippen molar-refractivity contribution in [2.24, 2.45) is 0 Å². The fraction of sp³-hybridized carbons (Fsp3) is 0.348. The zero-order chi connectivity index (χ0) is 18.4. The van der Waals surface area contributed by atoms with Crippen molar-refractivity contribution >= 4 is 5.91 Å². The minimum atomic E-state index is 0.0346. The van der Waals surface area contributed by atoms with E-state index in [1.54, 1.807) is 0 Å². The Morgan fingerprint density at radius 2 is 1.62 bits per heavy atom. The van der Waals surface area contributed by atoms with Crippen LogP contribution in [-0.4, -0.2) is 36.5 Å². The van der Waals surface area contributed by atoms with Crippen LogP contribution in [0.1, 0.15) is 37.0 Å². The number of rotatable bonds is 5. The van der Waals surface area contributed by atoms with Crippen molar-refractivity contribution in [1.29, 1.82) is 0 Å². The molecule has 1 N–H and O–H groups in total. The molecule has 2 aromatic carbocycles. The highest BCUT2D eigenvalue weighted by Gasteiger charge is 2.20. The molecule has 0 aliphatic carbocycles. The summed E-state index contributed by atoms with van der Waals surface area (Å²) < 4.78 is 0. The van der Waals surface area contributed by atoms with Gasteiger partial charge in [0.05, 0.1) is 0 Å². The molecule has 0 bridgehead atoms. The summed E-state index contributed by atoms with van der Waals surface area (Å²) in [5.74, 6) is 0.0346. The molecule has 0 radical (unpaired) electrons. The fourth-order valence-corrected chi connectivity index (χ4v) is 3.28. The van der Waals surface area contributed by atoms with E-state index in [1.165, 1.54) is 11.1 Å². The van der Waals surface area contributed by atoms with E-state index in [4.69, 9.17) is 0 Å². The third-order valence-corrected chi connectivity index (χ3v) is 4.93. The molecule has 3 nitrogen and oxygen atoms in total. The molecule has 1 fully saturated rings. The highest BCUT2D eigenvalue weighted by molar-refractivity contribution is 5.94. The van der Waals surface area contributed by atoms with Crippen LogP contribution in [-0.2, 0) is 0 Å². The summed E-state index contributed by atoms with van der Waals surface area (Å²) in [7, 11) is 0. The molecule has 0 atom stereocenters. The second kappa shape index (κ2) is 8.81. The number of hydrogen-bond acceptors (Lipinski definition) is 2. The van der Waals surface area contributed by atoms with Crippen LogP contribution in [0.25, 0.3) is 11.1 Å². The first-order valence-electron chi connectivity index (χ1n) is 9.44. The summed E-state index contributed by atoms with van der Waals surface area (Å²) in [6.07, 6.45) is 4.31. The zero-order valence-corrected chi connectivity index (χ0v) is 15.7. The number of nitrogens with one attached hydrogen (secondary N) is 1. The molecule has 3 heteroatoms. The maximum absolute atomic E-state index is 12.5. The van der Waals surface area contributed by atoms with Crippen molar-refractivity contribution in [2.75, 3.05) is 19.6 Å². The van der Waals surface area contributed by atoms with E-state index in [2.05, 4.69) is 42.3 Å². The number of benzene rings is 2. The molecule has 2 aromatic rings. The average molecular weight is 348 g/mol. The summed E-state index contributed by atoms with van der Waals surface area (Å²) in [5, 5.41) is 3.20. The standard InChI is InChI=1S/C23H28N2O/c1-18(2)12-15-25-16-13-22(14-17-25)24-23(26)21-10-8-20(9-11-21)19-6-4-3-5-7-19/h3-12,22H,13-17H2,1-2H3,(H,24,26). The van der Waals surface area contributed by atoms with Crippen LogP contribution in [0.3, 0.4) is 0 Å². The summed E-state index contributed by atoms with van der Waals surface area (Å²) in [6, 6.07) is 18.4. The molecule has 1 heterocycles. The third kappa shape index (κ3) is 5.06. The highest BCUT2D eigenvalue weighted by Crippen LogP contribution is 2.19. The van der Waals surface area contributed by atoms with Crippen LogP contribution in [0.2, 0.25) is 0 Å². The Morgan fingerprint density at radius 3 is 2.23 bits per heavy atom. The van der Waals surface area contributed by atoms with Crippen LogP contribution in [0.15, 0.2) is 66.2 Å². The molecule has 3 rings (SSSR count). The molecule has 136 valence electrons. The Kier molecular flexibility index (Phi) is 6.24. The van der Waals surface area contributed by atoms with Crippen LogP contribution in [0, 0.1) is 0 Å². The molecule has 1 saturated heterocycles. The number of carbonyl (C=O) groups excluding carboxylic acids is 1. The minimum Gasteiger partial charge on any atom is -0.349 e. The molecular weight excluding hydrogens is 320 g/mol. The number of amides is 1. The van der Waals surface area contributed by atoms with Crippen molar-refractivity contribution < 1.29 is 4.79 Å². The predicted octanol–water partition coefficient (Wildman–Crippen LogP) is 4.51. The van der Waals surface area contributed by atoms with Crippen molar-refractivity contribution in [3.63, 3.8) is 0 Å². The predicted molar refractivity (Wildman–Crippen MR) is 108 cm³/mol. The number of piperidine rings is 1. The number of allylic oxidation sites excluding steroid dienone is 1. The lowest BCUT2D eigenvalue weighted by Gasteiger charge is -2.31. The Labute approximate surface area is 156 Å². The molecule has 0 spiro atoms. The second-order valence-corrected chi connectivity index (χ2v) is 7.27. The summed E-state index contributed by atoms with van der Waals surface area (Å²) >= 11 is 0. The van der Waals surface area contributed by atoms with Crippen molar-refractivity contribution in [3.8, 4) is 11.1 Å². The lowest BCUT2D eigenvalue weighted by molar-refractivity contribution is 0.0914. The number of carbonyl (C=O) groups is 1. The van der Waals surface area contributed by atoms with Crippen LogP contribution < -0.4 is 5.32 Å². The van der Waals surface area contributed by atoms with Gasteiger partial charge in [0.1, 0.15) is 0 Å². The molecule has 1 amide bonds. The first kappa shape index (κ1) is 18.4. The Morgan fingerprint density at radius 1 is 1.00 bits per heavy atom. The van der Waals surface area contributed by atoms with Gasteiger partial charge in [0.25, 0.3) is 5.91 Å². The normalized spacial score (nSPS) is 15.5. The van der Waals surface area contributed by atoms with Gasteiger partial charge in [0, 0.05) is 31.2 Å². The van der Waals surface area contributed by atoms with E-state index in [0.717, 1.165) is 43.6 Å². The zero-order valence-electron chi connectivity index (χ0n) is 15.7. The average Bonchev–Trinajstić information content (AvgIpc) is 2.68. The molecular formula is C23H28N2O. The van der Waals surface area contributed by atoms with Gasteiger partial charge in [-0.25, -0.2) is 0 Å². The number of likely N-dealkylation sites (tertiary alicyclic amines) is 1. The lowest BCUT2D eigenvalue weighted by atomic mass is 10.0. The lowest BCUT2D eigenvalue weighted by Crippen LogP contribution is -2.44. The summed E-state index contributed by atoms with van der Waals surface area (Å²) in [5.41, 5.74) is 4.40. The van der Waals surface area contributed by atoms with Gasteiger partial charge in [-0.2, -0.15) is 0 Å². The van der Waals surface area contributed by atoms with Gasteiger partial charge in [-0.15, -0.1) is 0 Å². The van der Waals surface area contributed by atoms with Gasteiger partial charge in [-0.3, -0.25) is 9.69 Å². The SMILES string of the molecule is CC(C)=CCN1CCC(NC(=O)c2ccc(-c3ccccc3)cc2)CC1. The van der Waals surface area contributed by atoms with E-state index in [9.17, 15) is 4.79 Å². The largest absolute Gasteiger partial charge is 0.349 e. The summed E-state index contributed by atoms with van der Waals surface area (Å²) in [4.78, 5) is 15.0. The molecule has 0 saturated carbocycles. The van der Waals surface area contributed by atoms with Gasteiger partial charge in [-0.1, -0.05) is 54.1 Å². The van der Waals surface area contributed by atoms with E-state index < -0.39 is 0 Å². The Bertz CT molecular complexity index is 738. The molecule has 26 heavy (non-hydrogen) atoms. The second-order valence-electron chi connectivity index (χ2n) is 7.27. The van der Waals surface area contributed by atoms with Crippen molar-refractivity contribution in [2.45, 2.75) is 32.7 Å². The van der Waals surface area contributed by atoms with Gasteiger partial charge in [0.15, 0.2) is 0 Å². The number of nitrogens with zero attached hydrogens (tertiary/aromatic N) is 1. The first-order valence-corrected chi connectivity index (χ1v) is 9.44. The first-order chi connectivity index (χ1) is 12.6. The van der Waals surface area contributed by atoms with Gasteiger partial charge in [-0.05, 0) is 49.9 Å². The maximum atomic E-state index is 12.5. The number of hydrogen-bond donors (Lipinski definition) is 1. The Hall–Kier alpha value is -2.39. The van der Waals surface area contributed by atoms with E-state index in [0.29, 0.717) is 0 Å². The van der Waals surface area contributed by atoms with Gasteiger partial charge in [0.2, 0.25) is 0 Å². The van der Waals surface area contributed by atoms with Crippen LogP contribution in [0.5, 0.6) is 0 Å². The van der Waals surface area contributed by atoms with Crippen molar-refractivity contribution in [1.82, 2.24) is 10.2 Å². The van der Waals surface area contributed by atoms with Crippen LogP contribution >= 0.6 is 0 Å². The van der Waals surface area contributed by atoms with Gasteiger partial charge < -0.3 is 5.32 Å². The molecule has 1 aliphatic heterocycles. The van der Waals surface area contributed by atoms with E-state index in [-0.39, 0.29) is 11.9 Å². The van der Waals surface area contributed by atoms with Gasteiger partial charge >= 0.3 is 0 Å². The minimum absolute atomic E-state index is 0.0346. The van der Waals surface area contributed by atoms with Crippen molar-refractivity contribution in [3.05, 3.63) is 71.8 Å². The monoisotopic (exact) mass is 348 g/mol. The highest BCUT2D eigenvalue weighted by atomic mass is 16.1. The fourth-order valence-electron chi connectivity index (χ4n) is 3.28. The molecule has 0 aromatic heterocycles. The van der Waals surface area contributed by atoms with E-state index >= 15 is 0 Å². The quantitative estimate of drug-likeness (QED) is 0.806. The van der Waals surface area contributed by atoms with E-state index in [1.807, 2.05) is 42.5 Å². The molecule has 1 aliphatic rings. The smallest absolute Gasteiger partial charge is 0.251 e. The third-order valence-electron chi connectivity index (χ3n) is 4.93.